The Morgan fingerprint density at radius 2 is 2.13 bits per heavy atom. The van der Waals surface area contributed by atoms with Crippen LogP contribution in [0.4, 0.5) is 0 Å². The van der Waals surface area contributed by atoms with Crippen LogP contribution in [0.25, 0.3) is 0 Å². The number of rotatable bonds is 6. The van der Waals surface area contributed by atoms with Crippen molar-refractivity contribution in [2.45, 2.75) is 18.9 Å². The van der Waals surface area contributed by atoms with E-state index in [1.807, 2.05) is 0 Å². The van der Waals surface area contributed by atoms with Gasteiger partial charge in [0.25, 0.3) is 0 Å². The van der Waals surface area contributed by atoms with Crippen molar-refractivity contribution in [1.29, 1.82) is 0 Å². The molecule has 1 rings (SSSR count). The molecule has 1 aliphatic rings. The van der Waals surface area contributed by atoms with E-state index < -0.39 is 16.0 Å². The summed E-state index contributed by atoms with van der Waals surface area (Å²) < 4.78 is 24.6. The van der Waals surface area contributed by atoms with E-state index in [1.54, 1.807) is 7.05 Å². The maximum absolute atomic E-state index is 11.7. The molecule has 88 valence electrons. The topological polar surface area (TPSA) is 86.7 Å². The number of carbonyl (C=O) groups is 1. The van der Waals surface area contributed by atoms with Crippen molar-refractivity contribution >= 4 is 16.0 Å². The summed E-state index contributed by atoms with van der Waals surface area (Å²) in [5, 5.41) is 11.4. The minimum absolute atomic E-state index is 0.0276. The van der Waals surface area contributed by atoms with Gasteiger partial charge in [-0.1, -0.05) is 0 Å². The molecule has 1 saturated heterocycles. The van der Waals surface area contributed by atoms with E-state index in [2.05, 4.69) is 5.32 Å². The Morgan fingerprint density at radius 3 is 2.53 bits per heavy atom. The van der Waals surface area contributed by atoms with Crippen LogP contribution in [0.15, 0.2) is 0 Å². The summed E-state index contributed by atoms with van der Waals surface area (Å²) in [5.41, 5.74) is 0. The molecule has 7 heteroatoms. The van der Waals surface area contributed by atoms with Crippen LogP contribution in [0, 0.1) is 0 Å². The fourth-order valence-electron chi connectivity index (χ4n) is 1.31. The van der Waals surface area contributed by atoms with Gasteiger partial charge >= 0.3 is 5.97 Å². The van der Waals surface area contributed by atoms with Crippen molar-refractivity contribution in [3.63, 3.8) is 0 Å². The van der Waals surface area contributed by atoms with Crippen molar-refractivity contribution in [1.82, 2.24) is 9.62 Å². The quantitative estimate of drug-likeness (QED) is 0.623. The van der Waals surface area contributed by atoms with Crippen LogP contribution in [0.2, 0.25) is 0 Å². The van der Waals surface area contributed by atoms with Crippen LogP contribution in [0.5, 0.6) is 0 Å². The van der Waals surface area contributed by atoms with Crippen molar-refractivity contribution in [2.75, 3.05) is 25.9 Å². The number of carboxylic acid groups (broad SMARTS) is 1. The molecule has 6 nitrogen and oxygen atoms in total. The molecule has 0 aromatic heterocycles. The zero-order valence-electron chi connectivity index (χ0n) is 8.64. The number of hydrogen-bond donors (Lipinski definition) is 2. The Labute approximate surface area is 89.3 Å². The Morgan fingerprint density at radius 1 is 1.53 bits per heavy atom. The summed E-state index contributed by atoms with van der Waals surface area (Å²) in [7, 11) is -1.74. The molecule has 1 fully saturated rings. The fraction of sp³-hybridized carbons (Fsp3) is 0.875. The maximum Gasteiger partial charge on any atom is 0.303 e. The molecule has 0 unspecified atom stereocenters. The predicted molar refractivity (Wildman–Crippen MR) is 55.1 cm³/mol. The molecule has 0 atom stereocenters. The lowest BCUT2D eigenvalue weighted by atomic mass is 10.2. The summed E-state index contributed by atoms with van der Waals surface area (Å²) in [5.74, 6) is -1.05. The van der Waals surface area contributed by atoms with Gasteiger partial charge in [-0.15, -0.1) is 0 Å². The molecule has 0 radical (unpaired) electrons. The Balaban J connectivity index is 2.39. The lowest BCUT2D eigenvalue weighted by molar-refractivity contribution is -0.137. The molecular formula is C8H16N2O4S. The van der Waals surface area contributed by atoms with E-state index in [9.17, 15) is 13.2 Å². The number of carboxylic acids is 1. The number of likely N-dealkylation sites (N-methyl/N-ethyl adjacent to an activating group) is 1. The van der Waals surface area contributed by atoms with Crippen LogP contribution >= 0.6 is 0 Å². The molecule has 2 N–H and O–H groups in total. The third kappa shape index (κ3) is 3.44. The van der Waals surface area contributed by atoms with Gasteiger partial charge in [0, 0.05) is 32.6 Å². The summed E-state index contributed by atoms with van der Waals surface area (Å²) in [6.07, 6.45) is 0.0676. The second kappa shape index (κ2) is 4.91. The highest BCUT2D eigenvalue weighted by Gasteiger charge is 2.29. The monoisotopic (exact) mass is 236 g/mol. The molecule has 1 heterocycles. The van der Waals surface area contributed by atoms with Crippen LogP contribution in [0.3, 0.4) is 0 Å². The van der Waals surface area contributed by atoms with Gasteiger partial charge in [0.1, 0.15) is 0 Å². The van der Waals surface area contributed by atoms with Gasteiger partial charge in [-0.05, 0) is 6.42 Å². The van der Waals surface area contributed by atoms with Gasteiger partial charge in [-0.2, -0.15) is 4.31 Å². The van der Waals surface area contributed by atoms with Gasteiger partial charge < -0.3 is 10.4 Å². The van der Waals surface area contributed by atoms with Crippen molar-refractivity contribution in [3.8, 4) is 0 Å². The van der Waals surface area contributed by atoms with Crippen LogP contribution in [-0.4, -0.2) is 55.7 Å². The zero-order chi connectivity index (χ0) is 11.5. The Hall–Kier alpha value is -0.660. The summed E-state index contributed by atoms with van der Waals surface area (Å²) in [6.45, 7) is 1.35. The van der Waals surface area contributed by atoms with E-state index in [0.717, 1.165) is 0 Å². The van der Waals surface area contributed by atoms with Crippen LogP contribution < -0.4 is 5.32 Å². The smallest absolute Gasteiger partial charge is 0.303 e. The second-order valence-corrected chi connectivity index (χ2v) is 5.79. The average molecular weight is 236 g/mol. The predicted octanol–water partition coefficient (Wildman–Crippen LogP) is -0.915. The first-order valence-electron chi connectivity index (χ1n) is 4.81. The number of nitrogens with zero attached hydrogens (tertiary/aromatic N) is 1. The molecule has 15 heavy (non-hydrogen) atoms. The van der Waals surface area contributed by atoms with Crippen molar-refractivity contribution < 1.29 is 18.3 Å². The largest absolute Gasteiger partial charge is 0.481 e. The molecule has 0 bridgehead atoms. The van der Waals surface area contributed by atoms with Crippen molar-refractivity contribution in [3.05, 3.63) is 0 Å². The molecular weight excluding hydrogens is 220 g/mol. The standard InChI is InChI=1S/C8H16N2O4S/c1-10(7-5-9-6-7)15(13,14)4-2-3-8(11)12/h7,9H,2-6H2,1H3,(H,11,12). The molecule has 0 spiro atoms. The fourth-order valence-corrected chi connectivity index (χ4v) is 2.71. The first-order chi connectivity index (χ1) is 6.93. The molecule has 0 aromatic carbocycles. The molecule has 0 amide bonds. The highest BCUT2D eigenvalue weighted by Crippen LogP contribution is 2.10. The Bertz CT molecular complexity index is 324. The molecule has 0 aromatic rings. The highest BCUT2D eigenvalue weighted by atomic mass is 32.2. The maximum atomic E-state index is 11.7. The third-order valence-corrected chi connectivity index (χ3v) is 4.49. The second-order valence-electron chi connectivity index (χ2n) is 3.64. The lowest BCUT2D eigenvalue weighted by Gasteiger charge is -2.34. The lowest BCUT2D eigenvalue weighted by Crippen LogP contribution is -2.57. The van der Waals surface area contributed by atoms with E-state index in [0.29, 0.717) is 13.1 Å². The van der Waals surface area contributed by atoms with Gasteiger partial charge in [-0.3, -0.25) is 4.79 Å². The van der Waals surface area contributed by atoms with Gasteiger partial charge in [0.05, 0.1) is 5.75 Å². The Kier molecular flexibility index (Phi) is 4.06. The highest BCUT2D eigenvalue weighted by molar-refractivity contribution is 7.89. The summed E-state index contributed by atoms with van der Waals surface area (Å²) in [4.78, 5) is 10.2. The minimum Gasteiger partial charge on any atom is -0.481 e. The number of aliphatic carboxylic acids is 1. The SMILES string of the molecule is CN(C1CNC1)S(=O)(=O)CCCC(=O)O. The normalized spacial score (nSPS) is 17.7. The zero-order valence-corrected chi connectivity index (χ0v) is 9.46. The van der Waals surface area contributed by atoms with E-state index in [-0.39, 0.29) is 24.6 Å². The minimum atomic E-state index is -3.29. The van der Waals surface area contributed by atoms with E-state index in [4.69, 9.17) is 5.11 Å². The average Bonchev–Trinajstić information content (AvgIpc) is 1.99. The van der Waals surface area contributed by atoms with E-state index in [1.165, 1.54) is 4.31 Å². The van der Waals surface area contributed by atoms with Crippen LogP contribution in [-0.2, 0) is 14.8 Å². The molecule has 1 aliphatic heterocycles. The first kappa shape index (κ1) is 12.4. The van der Waals surface area contributed by atoms with Gasteiger partial charge in [-0.25, -0.2) is 8.42 Å². The summed E-state index contributed by atoms with van der Waals surface area (Å²) >= 11 is 0. The number of sulfonamides is 1. The number of hydrogen-bond acceptors (Lipinski definition) is 4. The van der Waals surface area contributed by atoms with Crippen LogP contribution in [0.1, 0.15) is 12.8 Å². The third-order valence-electron chi connectivity index (χ3n) is 2.51. The van der Waals surface area contributed by atoms with Gasteiger partial charge in [0.15, 0.2) is 0 Å². The number of nitrogens with one attached hydrogen (secondary N) is 1. The van der Waals surface area contributed by atoms with Crippen molar-refractivity contribution in [2.24, 2.45) is 0 Å². The van der Waals surface area contributed by atoms with Gasteiger partial charge in [0.2, 0.25) is 10.0 Å². The van der Waals surface area contributed by atoms with E-state index >= 15 is 0 Å². The first-order valence-corrected chi connectivity index (χ1v) is 6.42. The molecule has 0 aliphatic carbocycles. The summed E-state index contributed by atoms with van der Waals surface area (Å²) in [6, 6.07) is 0.0276. The molecule has 0 saturated carbocycles.